The first-order valence-corrected chi connectivity index (χ1v) is 14.2. The van der Waals surface area contributed by atoms with Crippen LogP contribution < -0.4 is 21.3 Å². The van der Waals surface area contributed by atoms with Crippen LogP contribution in [0.25, 0.3) is 0 Å². The van der Waals surface area contributed by atoms with Crippen molar-refractivity contribution in [2.24, 2.45) is 4.99 Å². The van der Waals surface area contributed by atoms with Crippen molar-refractivity contribution in [3.63, 3.8) is 0 Å². The molecule has 222 valence electrons. The zero-order valence-electron chi connectivity index (χ0n) is 22.7. The number of ketones is 1. The van der Waals surface area contributed by atoms with E-state index in [2.05, 4.69) is 53.2 Å². The number of carbonyl (C=O) groups is 3. The lowest BCUT2D eigenvalue weighted by Crippen LogP contribution is -2.42. The summed E-state index contributed by atoms with van der Waals surface area (Å²) >= 11 is 3.49. The Bertz CT molecular complexity index is 1390. The molecule has 6 N–H and O–H groups in total. The lowest BCUT2D eigenvalue weighted by atomic mass is 9.75. The number of β-amino-alcohol motifs (C(OH)–C–C–N with tert-alkyl or cyclic N) is 1. The maximum Gasteiger partial charge on any atom is 0.305 e. The predicted molar refractivity (Wildman–Crippen MR) is 156 cm³/mol. The number of aliphatic carboxylic acids is 1. The first-order chi connectivity index (χ1) is 20.2. The van der Waals surface area contributed by atoms with E-state index >= 15 is 0 Å². The van der Waals surface area contributed by atoms with Crippen LogP contribution in [0.15, 0.2) is 46.1 Å². The molecule has 0 saturated carbocycles. The van der Waals surface area contributed by atoms with E-state index in [1.807, 2.05) is 12.1 Å². The van der Waals surface area contributed by atoms with Crippen molar-refractivity contribution in [2.75, 3.05) is 44.7 Å². The molecule has 42 heavy (non-hydrogen) atoms. The smallest absolute Gasteiger partial charge is 0.305 e. The summed E-state index contributed by atoms with van der Waals surface area (Å²) in [7, 11) is 0. The highest BCUT2D eigenvalue weighted by Crippen LogP contribution is 2.37. The number of nitrogens with zero attached hydrogens (tertiary/aromatic N) is 3. The van der Waals surface area contributed by atoms with E-state index < -0.39 is 29.4 Å². The molecule has 0 spiro atoms. The summed E-state index contributed by atoms with van der Waals surface area (Å²) < 4.78 is 6.14. The molecular weight excluding hydrogens is 610 g/mol. The van der Waals surface area contributed by atoms with Crippen LogP contribution in [0.3, 0.4) is 0 Å². The number of hydrogen-bond donors (Lipinski definition) is 6. The van der Waals surface area contributed by atoms with Crippen LogP contribution in [0.1, 0.15) is 46.8 Å². The molecule has 1 aromatic carbocycles. The second-order valence-electron chi connectivity index (χ2n) is 10.1. The molecule has 0 radical (unpaired) electrons. The van der Waals surface area contributed by atoms with Gasteiger partial charge in [-0.15, -0.1) is 0 Å². The number of ether oxygens (including phenoxy) is 1. The zero-order chi connectivity index (χ0) is 30.1. The largest absolute Gasteiger partial charge is 0.481 e. The van der Waals surface area contributed by atoms with Gasteiger partial charge < -0.3 is 36.2 Å². The van der Waals surface area contributed by atoms with E-state index in [1.54, 1.807) is 12.1 Å². The number of carbonyl (C=O) groups excluding carboxylic acids is 2. The third kappa shape index (κ3) is 8.32. The van der Waals surface area contributed by atoms with E-state index in [0.29, 0.717) is 54.3 Å². The summed E-state index contributed by atoms with van der Waals surface area (Å²) in [6.07, 6.45) is 3.08. The minimum atomic E-state index is -1.05. The van der Waals surface area contributed by atoms with Gasteiger partial charge in [0.15, 0.2) is 11.7 Å². The van der Waals surface area contributed by atoms with Crippen molar-refractivity contribution < 1.29 is 29.3 Å². The number of rotatable bonds is 11. The molecule has 1 fully saturated rings. The fourth-order valence-corrected chi connectivity index (χ4v) is 5.23. The number of aliphatic hydroxyl groups is 1. The topological polar surface area (TPSA) is 198 Å². The molecule has 3 heterocycles. The van der Waals surface area contributed by atoms with Gasteiger partial charge in [-0.25, -0.2) is 0 Å². The Kier molecular flexibility index (Phi) is 10.6. The first kappa shape index (κ1) is 31.0. The highest BCUT2D eigenvalue weighted by Gasteiger charge is 2.35. The van der Waals surface area contributed by atoms with Gasteiger partial charge in [-0.05, 0) is 42.2 Å². The van der Waals surface area contributed by atoms with Crippen LogP contribution in [0.4, 0.5) is 5.69 Å². The predicted octanol–water partition coefficient (Wildman–Crippen LogP) is 1.25. The van der Waals surface area contributed by atoms with Crippen LogP contribution in [-0.4, -0.2) is 84.3 Å². The molecule has 1 saturated heterocycles. The Balaban J connectivity index is 1.36. The van der Waals surface area contributed by atoms with Gasteiger partial charge in [-0.2, -0.15) is 5.26 Å². The van der Waals surface area contributed by atoms with E-state index in [0.717, 1.165) is 5.56 Å². The van der Waals surface area contributed by atoms with Crippen molar-refractivity contribution in [1.29, 1.82) is 5.26 Å². The number of aliphatic imine (C=N–C) groups is 1. The van der Waals surface area contributed by atoms with E-state index in [9.17, 15) is 29.9 Å². The summed E-state index contributed by atoms with van der Waals surface area (Å²) in [6.45, 7) is 1.06. The van der Waals surface area contributed by atoms with Crippen LogP contribution in [0.2, 0.25) is 0 Å². The summed E-state index contributed by atoms with van der Waals surface area (Å²) in [6, 6.07) is 8.72. The van der Waals surface area contributed by atoms with Gasteiger partial charge in [0.2, 0.25) is 0 Å². The molecule has 2 aromatic rings. The second-order valence-corrected chi connectivity index (χ2v) is 11.1. The van der Waals surface area contributed by atoms with Crippen LogP contribution in [0, 0.1) is 11.3 Å². The number of nitriles is 1. The number of amides is 1. The monoisotopic (exact) mass is 641 g/mol. The SMILES string of the molecule is N#CC1(c2cc(Br)cc([C@H](CC(=O)O)NCC(=O)CNC(=O)c3cncc(NC4=NCC(O)CN4)c3)c2)CCOCC1. The number of Topliss-reactive ketones (excluding diaryl/α,β-unsaturated/α-hetero) is 1. The fraction of sp³-hybridized carbons (Fsp3) is 0.429. The third-order valence-corrected chi connectivity index (χ3v) is 7.49. The third-order valence-electron chi connectivity index (χ3n) is 7.03. The van der Waals surface area contributed by atoms with Crippen molar-refractivity contribution in [3.8, 4) is 6.07 Å². The first-order valence-electron chi connectivity index (χ1n) is 13.4. The summed E-state index contributed by atoms with van der Waals surface area (Å²) in [4.78, 5) is 45.2. The number of anilines is 1. The lowest BCUT2D eigenvalue weighted by Gasteiger charge is -2.32. The van der Waals surface area contributed by atoms with Crippen molar-refractivity contribution in [3.05, 3.63) is 57.8 Å². The van der Waals surface area contributed by atoms with Crippen LogP contribution >= 0.6 is 15.9 Å². The molecule has 1 amide bonds. The number of pyridine rings is 1. The Morgan fingerprint density at radius 2 is 1.98 bits per heavy atom. The van der Waals surface area contributed by atoms with Gasteiger partial charge >= 0.3 is 5.97 Å². The number of nitrogens with one attached hydrogen (secondary N) is 4. The molecule has 0 bridgehead atoms. The zero-order valence-corrected chi connectivity index (χ0v) is 24.3. The maximum atomic E-state index is 12.7. The lowest BCUT2D eigenvalue weighted by molar-refractivity contribution is -0.137. The summed E-state index contributed by atoms with van der Waals surface area (Å²) in [5.74, 6) is -1.47. The molecule has 1 aromatic heterocycles. The number of aromatic nitrogens is 1. The van der Waals surface area contributed by atoms with Gasteiger partial charge in [0.25, 0.3) is 5.91 Å². The van der Waals surface area contributed by atoms with Crippen LogP contribution in [0.5, 0.6) is 0 Å². The number of carboxylic acid groups (broad SMARTS) is 1. The molecule has 2 atom stereocenters. The number of guanidine groups is 1. The summed E-state index contributed by atoms with van der Waals surface area (Å²) in [5.41, 5.74) is 1.38. The molecular formula is C28H32BrN7O6. The van der Waals surface area contributed by atoms with Gasteiger partial charge in [0.05, 0.1) is 61.1 Å². The van der Waals surface area contributed by atoms with E-state index in [-0.39, 0.29) is 37.4 Å². The molecule has 1 unspecified atom stereocenters. The average Bonchev–Trinajstić information content (AvgIpc) is 2.99. The fourth-order valence-electron chi connectivity index (χ4n) is 4.72. The molecule has 0 aliphatic carbocycles. The maximum absolute atomic E-state index is 12.7. The highest BCUT2D eigenvalue weighted by atomic mass is 79.9. The molecule has 2 aliphatic heterocycles. The van der Waals surface area contributed by atoms with Gasteiger partial charge in [0, 0.05) is 36.5 Å². The molecule has 13 nitrogen and oxygen atoms in total. The van der Waals surface area contributed by atoms with Crippen molar-refractivity contribution in [2.45, 2.75) is 36.8 Å². The Hall–Kier alpha value is -3.90. The minimum Gasteiger partial charge on any atom is -0.481 e. The van der Waals surface area contributed by atoms with Gasteiger partial charge in [-0.1, -0.05) is 22.0 Å². The Labute approximate surface area is 250 Å². The molecule has 2 aliphatic rings. The average molecular weight is 643 g/mol. The standard InChI is InChI=1S/C28H32BrN7O6/c29-20-6-17(5-19(8-20)28(16-30)1-3-42-4-2-28)24(9-25(39)40)32-12-22(37)13-33-26(41)18-7-21(11-31-10-18)36-27-34-14-23(38)15-35-27/h5-8,10-11,23-24,32,38H,1-4,9,12-15H2,(H,33,41)(H,39,40)(H2,34,35,36)/t24-/m0/s1. The Morgan fingerprint density at radius 1 is 1.19 bits per heavy atom. The highest BCUT2D eigenvalue weighted by molar-refractivity contribution is 9.10. The van der Waals surface area contributed by atoms with Crippen molar-refractivity contribution >= 4 is 45.2 Å². The summed E-state index contributed by atoms with van der Waals surface area (Å²) in [5, 5.41) is 40.6. The van der Waals surface area contributed by atoms with E-state index in [1.165, 1.54) is 12.4 Å². The quantitative estimate of drug-likeness (QED) is 0.206. The normalized spacial score (nSPS) is 18.5. The van der Waals surface area contributed by atoms with E-state index in [4.69, 9.17) is 4.74 Å². The number of halogens is 1. The number of aliphatic hydroxyl groups excluding tert-OH is 1. The molecule has 14 heteroatoms. The minimum absolute atomic E-state index is 0.186. The second kappa shape index (κ2) is 14.3. The Morgan fingerprint density at radius 3 is 2.67 bits per heavy atom. The molecule has 4 rings (SSSR count). The van der Waals surface area contributed by atoms with Gasteiger partial charge in [0.1, 0.15) is 0 Å². The number of hydrogen-bond acceptors (Lipinski definition) is 11. The number of carboxylic acids is 1. The van der Waals surface area contributed by atoms with Gasteiger partial charge in [-0.3, -0.25) is 24.4 Å². The van der Waals surface area contributed by atoms with Crippen molar-refractivity contribution in [1.82, 2.24) is 20.9 Å². The van der Waals surface area contributed by atoms with Crippen LogP contribution in [-0.2, 0) is 19.7 Å². The number of benzene rings is 1.